The lowest BCUT2D eigenvalue weighted by atomic mass is 9.96. The fourth-order valence-electron chi connectivity index (χ4n) is 2.41. The van der Waals surface area contributed by atoms with Crippen LogP contribution in [0.1, 0.15) is 16.7 Å². The van der Waals surface area contributed by atoms with Crippen molar-refractivity contribution in [2.24, 2.45) is 5.73 Å². The molecule has 0 radical (unpaired) electrons. The molecule has 0 bridgehead atoms. The Kier molecular flexibility index (Phi) is 4.16. The molecular weight excluding hydrogens is 356 g/mol. The Bertz CT molecular complexity index is 812. The van der Waals surface area contributed by atoms with Crippen molar-refractivity contribution in [3.63, 3.8) is 0 Å². The Hall–Kier alpha value is -2.60. The topological polar surface area (TPSA) is 91.0 Å². The third-order valence-electron chi connectivity index (χ3n) is 3.62. The summed E-state index contributed by atoms with van der Waals surface area (Å²) in [7, 11) is 0. The molecule has 0 spiro atoms. The summed E-state index contributed by atoms with van der Waals surface area (Å²) in [5.41, 5.74) is 9.49. The van der Waals surface area contributed by atoms with E-state index in [1.54, 1.807) is 18.3 Å². The smallest absolute Gasteiger partial charge is 0.253 e. The molecule has 1 heterocycles. The highest BCUT2D eigenvalue weighted by Gasteiger charge is 2.20. The quantitative estimate of drug-likeness (QED) is 0.380. The van der Waals surface area contributed by atoms with Gasteiger partial charge in [0.15, 0.2) is 0 Å². The van der Waals surface area contributed by atoms with Crippen LogP contribution >= 0.6 is 15.9 Å². The van der Waals surface area contributed by atoms with Crippen LogP contribution in [0.5, 0.6) is 0 Å². The molecule has 116 valence electrons. The lowest BCUT2D eigenvalue weighted by molar-refractivity contribution is -0.116. The molecule has 0 atom stereocenters. The maximum absolute atomic E-state index is 12.1. The zero-order valence-electron chi connectivity index (χ0n) is 12.2. The number of fused-ring (bicyclic) bond motifs is 1. The van der Waals surface area contributed by atoms with E-state index in [-0.39, 0.29) is 11.7 Å². The summed E-state index contributed by atoms with van der Waals surface area (Å²) in [6, 6.07) is 13.0. The number of benzene rings is 2. The number of rotatable bonds is 3. The van der Waals surface area contributed by atoms with Crippen molar-refractivity contribution in [3.05, 3.63) is 69.8 Å². The predicted molar refractivity (Wildman–Crippen MR) is 95.0 cm³/mol. The Morgan fingerprint density at radius 3 is 2.70 bits per heavy atom. The maximum Gasteiger partial charge on any atom is 0.253 e. The monoisotopic (exact) mass is 370 g/mol. The number of amides is 1. The van der Waals surface area contributed by atoms with E-state index in [2.05, 4.69) is 26.6 Å². The van der Waals surface area contributed by atoms with E-state index in [9.17, 15) is 4.79 Å². The molecule has 0 saturated carbocycles. The van der Waals surface area contributed by atoms with Crippen LogP contribution in [-0.2, 0) is 11.3 Å². The minimum absolute atomic E-state index is 0.0288. The van der Waals surface area contributed by atoms with E-state index < -0.39 is 0 Å². The Morgan fingerprint density at radius 1 is 1.26 bits per heavy atom. The van der Waals surface area contributed by atoms with Gasteiger partial charge in [-0.15, -0.1) is 0 Å². The number of carbonyl (C=O) groups is 1. The minimum Gasteiger partial charge on any atom is -0.384 e. The Balaban J connectivity index is 1.87. The molecule has 0 unspecified atom stereocenters. The molecule has 2 aromatic carbocycles. The molecule has 0 fully saturated rings. The number of amidine groups is 1. The molecule has 5 N–H and O–H groups in total. The second-order valence-electron chi connectivity index (χ2n) is 5.18. The molecule has 0 saturated heterocycles. The number of nitrogens with two attached hydrogens (primary N) is 1. The van der Waals surface area contributed by atoms with Crippen molar-refractivity contribution in [2.75, 3.05) is 5.32 Å². The number of hydrogen-bond acceptors (Lipinski definition) is 3. The van der Waals surface area contributed by atoms with Gasteiger partial charge in [-0.05, 0) is 47.5 Å². The van der Waals surface area contributed by atoms with Gasteiger partial charge in [0.1, 0.15) is 5.84 Å². The summed E-state index contributed by atoms with van der Waals surface area (Å²) in [5, 5.41) is 13.4. The van der Waals surface area contributed by atoms with Gasteiger partial charge in [-0.1, -0.05) is 22.0 Å². The first kappa shape index (κ1) is 15.3. The van der Waals surface area contributed by atoms with Gasteiger partial charge in [0.05, 0.1) is 5.57 Å². The zero-order chi connectivity index (χ0) is 16.4. The average molecular weight is 371 g/mol. The van der Waals surface area contributed by atoms with E-state index in [1.165, 1.54) is 0 Å². The number of nitrogen functional groups attached to an aromatic ring is 1. The molecule has 6 heteroatoms. The third-order valence-corrected chi connectivity index (χ3v) is 4.11. The van der Waals surface area contributed by atoms with Crippen molar-refractivity contribution in [3.8, 4) is 0 Å². The predicted octanol–water partition coefficient (Wildman–Crippen LogP) is 2.82. The van der Waals surface area contributed by atoms with Crippen molar-refractivity contribution in [1.29, 1.82) is 5.41 Å². The van der Waals surface area contributed by atoms with Crippen molar-refractivity contribution in [2.45, 2.75) is 6.54 Å². The van der Waals surface area contributed by atoms with Crippen molar-refractivity contribution >= 4 is 38.9 Å². The van der Waals surface area contributed by atoms with Crippen LogP contribution in [0.15, 0.2) is 53.1 Å². The SMILES string of the molecule is N=C(N)c1ccc(NC=C2C(=O)NCc3cc(Br)ccc32)cc1. The van der Waals surface area contributed by atoms with Gasteiger partial charge in [-0.3, -0.25) is 10.2 Å². The van der Waals surface area contributed by atoms with Crippen LogP contribution < -0.4 is 16.4 Å². The first-order chi connectivity index (χ1) is 11.0. The van der Waals surface area contributed by atoms with Gasteiger partial charge < -0.3 is 16.4 Å². The minimum atomic E-state index is -0.104. The molecule has 0 aliphatic carbocycles. The van der Waals surface area contributed by atoms with Crippen LogP contribution in [0.2, 0.25) is 0 Å². The standard InChI is InChI=1S/C17H15BrN4O/c18-12-3-6-14-11(7-12)8-22-17(23)15(14)9-21-13-4-1-10(2-5-13)16(19)20/h1-7,9,21H,8H2,(H3,19,20)(H,22,23). The summed E-state index contributed by atoms with van der Waals surface area (Å²) >= 11 is 3.44. The molecule has 5 nitrogen and oxygen atoms in total. The number of halogens is 1. The highest BCUT2D eigenvalue weighted by molar-refractivity contribution is 9.10. The fraction of sp³-hybridized carbons (Fsp3) is 0.0588. The second kappa shape index (κ2) is 6.26. The highest BCUT2D eigenvalue weighted by atomic mass is 79.9. The summed E-state index contributed by atoms with van der Waals surface area (Å²) in [6.07, 6.45) is 1.70. The summed E-state index contributed by atoms with van der Waals surface area (Å²) < 4.78 is 0.986. The first-order valence-electron chi connectivity index (χ1n) is 7.03. The van der Waals surface area contributed by atoms with Crippen LogP contribution in [0.3, 0.4) is 0 Å². The van der Waals surface area contributed by atoms with Crippen molar-refractivity contribution in [1.82, 2.24) is 5.32 Å². The van der Waals surface area contributed by atoms with E-state index in [0.29, 0.717) is 17.7 Å². The molecule has 23 heavy (non-hydrogen) atoms. The average Bonchev–Trinajstić information content (AvgIpc) is 2.54. The van der Waals surface area contributed by atoms with Gasteiger partial charge in [0.25, 0.3) is 5.91 Å². The first-order valence-corrected chi connectivity index (χ1v) is 7.82. The molecule has 1 amide bonds. The number of hydrogen-bond donors (Lipinski definition) is 4. The summed E-state index contributed by atoms with van der Waals surface area (Å²) in [6.45, 7) is 0.526. The molecule has 1 aliphatic rings. The fourth-order valence-corrected chi connectivity index (χ4v) is 2.82. The molecule has 0 aromatic heterocycles. The van der Waals surface area contributed by atoms with E-state index in [4.69, 9.17) is 11.1 Å². The van der Waals surface area contributed by atoms with Crippen LogP contribution in [0.4, 0.5) is 5.69 Å². The van der Waals surface area contributed by atoms with Gasteiger partial charge in [-0.25, -0.2) is 0 Å². The van der Waals surface area contributed by atoms with Crippen LogP contribution in [0.25, 0.3) is 5.57 Å². The van der Waals surface area contributed by atoms with Crippen molar-refractivity contribution < 1.29 is 4.79 Å². The highest BCUT2D eigenvalue weighted by Crippen LogP contribution is 2.27. The largest absolute Gasteiger partial charge is 0.384 e. The lowest BCUT2D eigenvalue weighted by Crippen LogP contribution is -2.29. The van der Waals surface area contributed by atoms with E-state index >= 15 is 0 Å². The van der Waals surface area contributed by atoms with Crippen LogP contribution in [-0.4, -0.2) is 11.7 Å². The molecule has 2 aromatic rings. The lowest BCUT2D eigenvalue weighted by Gasteiger charge is -2.20. The summed E-state index contributed by atoms with van der Waals surface area (Å²) in [4.78, 5) is 12.1. The second-order valence-corrected chi connectivity index (χ2v) is 6.09. The number of anilines is 1. The molecular formula is C17H15BrN4O. The third kappa shape index (κ3) is 3.27. The van der Waals surface area contributed by atoms with Gasteiger partial charge >= 0.3 is 0 Å². The van der Waals surface area contributed by atoms with Gasteiger partial charge in [0, 0.05) is 28.5 Å². The van der Waals surface area contributed by atoms with Gasteiger partial charge in [0.2, 0.25) is 0 Å². The normalized spacial score (nSPS) is 15.0. The molecule has 3 rings (SSSR count). The van der Waals surface area contributed by atoms with Gasteiger partial charge in [-0.2, -0.15) is 0 Å². The maximum atomic E-state index is 12.1. The Labute approximate surface area is 142 Å². The zero-order valence-corrected chi connectivity index (χ0v) is 13.8. The van der Waals surface area contributed by atoms with Crippen LogP contribution in [0, 0.1) is 5.41 Å². The van der Waals surface area contributed by atoms with E-state index in [0.717, 1.165) is 21.3 Å². The number of nitrogens with one attached hydrogen (secondary N) is 3. The number of carbonyl (C=O) groups excluding carboxylic acids is 1. The van der Waals surface area contributed by atoms with E-state index in [1.807, 2.05) is 30.3 Å². The Morgan fingerprint density at radius 2 is 2.00 bits per heavy atom. The molecule has 1 aliphatic heterocycles. The summed E-state index contributed by atoms with van der Waals surface area (Å²) in [5.74, 6) is -0.0752.